The van der Waals surface area contributed by atoms with Gasteiger partial charge in [-0.2, -0.15) is 0 Å². The number of ether oxygens (including phenoxy) is 1. The molecule has 1 aliphatic carbocycles. The Morgan fingerprint density at radius 1 is 1.27 bits per heavy atom. The zero-order valence-electron chi connectivity index (χ0n) is 19.4. The van der Waals surface area contributed by atoms with Gasteiger partial charge in [-0.15, -0.1) is 11.3 Å². The van der Waals surface area contributed by atoms with Crippen molar-refractivity contribution in [2.75, 3.05) is 26.1 Å². The second-order valence-corrected chi connectivity index (χ2v) is 9.54. The van der Waals surface area contributed by atoms with Gasteiger partial charge in [-0.05, 0) is 31.9 Å². The van der Waals surface area contributed by atoms with Gasteiger partial charge in [0.05, 0.1) is 35.6 Å². The Bertz CT molecular complexity index is 1100. The largest absolute Gasteiger partial charge is 0.383 e. The van der Waals surface area contributed by atoms with Crippen LogP contribution in [0.15, 0.2) is 30.0 Å². The number of imidazole rings is 1. The standard InChI is InChI=1S/C24H31N5O3S/c1-16(23-25-9-12-33-23)28(2)24(31)19-13-18(27-22(30)17-7-5-4-6-8-17)14-20-21(19)29(15-26-20)10-11-32-3/h9,12-17H,4-8,10-11H2,1-3H3,(H,27,30)/t16-/m1/s1. The molecule has 1 saturated carbocycles. The lowest BCUT2D eigenvalue weighted by Gasteiger charge is -2.24. The van der Waals surface area contributed by atoms with Crippen molar-refractivity contribution in [1.29, 1.82) is 0 Å². The van der Waals surface area contributed by atoms with E-state index in [9.17, 15) is 9.59 Å². The highest BCUT2D eigenvalue weighted by Gasteiger charge is 2.26. The minimum Gasteiger partial charge on any atom is -0.383 e. The van der Waals surface area contributed by atoms with Gasteiger partial charge < -0.3 is 19.5 Å². The summed E-state index contributed by atoms with van der Waals surface area (Å²) in [5.74, 6) is -0.0909. The Morgan fingerprint density at radius 2 is 2.06 bits per heavy atom. The van der Waals surface area contributed by atoms with Gasteiger partial charge in [0.1, 0.15) is 5.01 Å². The summed E-state index contributed by atoms with van der Waals surface area (Å²) in [6.07, 6.45) is 8.66. The molecule has 8 nitrogen and oxygen atoms in total. The average Bonchev–Trinajstić information content (AvgIpc) is 3.52. The van der Waals surface area contributed by atoms with Gasteiger partial charge in [0.2, 0.25) is 5.91 Å². The number of hydrogen-bond acceptors (Lipinski definition) is 6. The maximum atomic E-state index is 13.7. The van der Waals surface area contributed by atoms with Crippen molar-refractivity contribution in [1.82, 2.24) is 19.4 Å². The molecule has 2 heterocycles. The van der Waals surface area contributed by atoms with Crippen molar-refractivity contribution in [3.8, 4) is 0 Å². The summed E-state index contributed by atoms with van der Waals surface area (Å²) < 4.78 is 7.17. The van der Waals surface area contributed by atoms with Crippen LogP contribution in [0.1, 0.15) is 60.4 Å². The van der Waals surface area contributed by atoms with Crippen LogP contribution < -0.4 is 5.32 Å². The molecular formula is C24H31N5O3S. The van der Waals surface area contributed by atoms with Crippen LogP contribution in [0.2, 0.25) is 0 Å². The number of amides is 2. The first-order valence-electron chi connectivity index (χ1n) is 11.4. The van der Waals surface area contributed by atoms with Crippen molar-refractivity contribution in [2.24, 2.45) is 5.92 Å². The van der Waals surface area contributed by atoms with E-state index in [1.165, 1.54) is 17.8 Å². The summed E-state index contributed by atoms with van der Waals surface area (Å²) in [6.45, 7) is 3.04. The fourth-order valence-electron chi connectivity index (χ4n) is 4.38. The van der Waals surface area contributed by atoms with Crippen molar-refractivity contribution < 1.29 is 14.3 Å². The van der Waals surface area contributed by atoms with Crippen molar-refractivity contribution in [3.05, 3.63) is 40.6 Å². The molecule has 1 fully saturated rings. The van der Waals surface area contributed by atoms with Crippen LogP contribution in [-0.4, -0.2) is 52.0 Å². The van der Waals surface area contributed by atoms with E-state index in [0.29, 0.717) is 29.9 Å². The van der Waals surface area contributed by atoms with Gasteiger partial charge in [0.15, 0.2) is 0 Å². The van der Waals surface area contributed by atoms with Gasteiger partial charge in [-0.1, -0.05) is 19.3 Å². The van der Waals surface area contributed by atoms with E-state index < -0.39 is 0 Å². The fraction of sp³-hybridized carbons (Fsp3) is 0.500. The van der Waals surface area contributed by atoms with Crippen LogP contribution in [0.5, 0.6) is 0 Å². The minimum atomic E-state index is -0.177. The third-order valence-electron chi connectivity index (χ3n) is 6.43. The Morgan fingerprint density at radius 3 is 2.76 bits per heavy atom. The van der Waals surface area contributed by atoms with Crippen LogP contribution in [-0.2, 0) is 16.1 Å². The predicted octanol–water partition coefficient (Wildman–Crippen LogP) is 4.49. The quantitative estimate of drug-likeness (QED) is 0.525. The molecule has 0 bridgehead atoms. The Kier molecular flexibility index (Phi) is 7.39. The van der Waals surface area contributed by atoms with Gasteiger partial charge in [0.25, 0.3) is 5.91 Å². The summed E-state index contributed by atoms with van der Waals surface area (Å²) in [4.78, 5) is 37.1. The average molecular weight is 470 g/mol. The molecule has 2 amide bonds. The smallest absolute Gasteiger partial charge is 0.256 e. The Balaban J connectivity index is 1.68. The predicted molar refractivity (Wildman–Crippen MR) is 129 cm³/mol. The number of aromatic nitrogens is 3. The SMILES string of the molecule is COCCn1cnc2cc(NC(=O)C3CCCCC3)cc(C(=O)N(C)[C@H](C)c3nccs3)c21. The Labute approximate surface area is 198 Å². The first-order chi connectivity index (χ1) is 16.0. The number of nitrogens with one attached hydrogen (secondary N) is 1. The molecule has 4 rings (SSSR count). The topological polar surface area (TPSA) is 89.3 Å². The lowest BCUT2D eigenvalue weighted by atomic mass is 9.88. The second kappa shape index (κ2) is 10.4. The van der Waals surface area contributed by atoms with Gasteiger partial charge in [0, 0.05) is 43.9 Å². The maximum absolute atomic E-state index is 13.7. The molecule has 1 atom stereocenters. The third kappa shape index (κ3) is 5.09. The molecule has 0 radical (unpaired) electrons. The summed E-state index contributed by atoms with van der Waals surface area (Å²) in [5.41, 5.74) is 2.52. The molecule has 0 aliphatic heterocycles. The van der Waals surface area contributed by atoms with E-state index >= 15 is 0 Å². The molecule has 1 aliphatic rings. The summed E-state index contributed by atoms with van der Waals surface area (Å²) in [5, 5.41) is 5.83. The number of methoxy groups -OCH3 is 1. The number of hydrogen-bond donors (Lipinski definition) is 1. The molecule has 9 heteroatoms. The van der Waals surface area contributed by atoms with Crippen molar-refractivity contribution in [2.45, 2.75) is 51.6 Å². The maximum Gasteiger partial charge on any atom is 0.256 e. The van der Waals surface area contributed by atoms with Crippen LogP contribution in [0, 0.1) is 5.92 Å². The number of carbonyl (C=O) groups excluding carboxylic acids is 2. The summed E-state index contributed by atoms with van der Waals surface area (Å²) >= 11 is 1.52. The van der Waals surface area contributed by atoms with Crippen LogP contribution in [0.3, 0.4) is 0 Å². The first kappa shape index (κ1) is 23.4. The molecule has 33 heavy (non-hydrogen) atoms. The number of thiazole rings is 1. The molecule has 1 aromatic carbocycles. The second-order valence-electron chi connectivity index (χ2n) is 8.61. The number of benzene rings is 1. The highest BCUT2D eigenvalue weighted by atomic mass is 32.1. The van der Waals surface area contributed by atoms with Crippen LogP contribution in [0.25, 0.3) is 11.0 Å². The van der Waals surface area contributed by atoms with Crippen molar-refractivity contribution >= 4 is 39.9 Å². The first-order valence-corrected chi connectivity index (χ1v) is 12.3. The monoisotopic (exact) mass is 469 g/mol. The number of anilines is 1. The zero-order chi connectivity index (χ0) is 23.4. The molecule has 3 aromatic rings. The number of rotatable bonds is 8. The van der Waals surface area contributed by atoms with E-state index in [1.54, 1.807) is 37.6 Å². The number of carbonyl (C=O) groups is 2. The lowest BCUT2D eigenvalue weighted by molar-refractivity contribution is -0.120. The fourth-order valence-corrected chi connectivity index (χ4v) is 5.12. The Hall–Kier alpha value is -2.78. The molecule has 0 unspecified atom stereocenters. The van der Waals surface area contributed by atoms with E-state index in [2.05, 4.69) is 15.3 Å². The minimum absolute atomic E-state index is 0.0239. The highest BCUT2D eigenvalue weighted by molar-refractivity contribution is 7.09. The van der Waals surface area contributed by atoms with Gasteiger partial charge in [-0.25, -0.2) is 9.97 Å². The zero-order valence-corrected chi connectivity index (χ0v) is 20.2. The van der Waals surface area contributed by atoms with Crippen LogP contribution in [0.4, 0.5) is 5.69 Å². The molecule has 176 valence electrons. The van der Waals surface area contributed by atoms with Gasteiger partial charge in [-0.3, -0.25) is 9.59 Å². The van der Waals surface area contributed by atoms with E-state index in [4.69, 9.17) is 4.74 Å². The molecule has 1 N–H and O–H groups in total. The molecule has 2 aromatic heterocycles. The van der Waals surface area contributed by atoms with Crippen molar-refractivity contribution in [3.63, 3.8) is 0 Å². The van der Waals surface area contributed by atoms with E-state index in [0.717, 1.165) is 36.2 Å². The van der Waals surface area contributed by atoms with E-state index in [1.807, 2.05) is 22.9 Å². The number of nitrogens with zero attached hydrogens (tertiary/aromatic N) is 4. The highest BCUT2D eigenvalue weighted by Crippen LogP contribution is 2.30. The normalized spacial score (nSPS) is 15.5. The molecular weight excluding hydrogens is 438 g/mol. The van der Waals surface area contributed by atoms with Gasteiger partial charge >= 0.3 is 0 Å². The van der Waals surface area contributed by atoms with Crippen LogP contribution >= 0.6 is 11.3 Å². The third-order valence-corrected chi connectivity index (χ3v) is 7.38. The van der Waals surface area contributed by atoms with E-state index in [-0.39, 0.29) is 23.8 Å². The number of fused-ring (bicyclic) bond motifs is 1. The summed E-state index contributed by atoms with van der Waals surface area (Å²) in [7, 11) is 3.43. The summed E-state index contributed by atoms with van der Waals surface area (Å²) in [6, 6.07) is 3.45. The molecule has 0 spiro atoms. The lowest BCUT2D eigenvalue weighted by Crippen LogP contribution is -2.30. The molecule has 0 saturated heterocycles.